The topological polar surface area (TPSA) is 81.9 Å². The van der Waals surface area contributed by atoms with Gasteiger partial charge < -0.3 is 14.8 Å². The van der Waals surface area contributed by atoms with Crippen LogP contribution in [0.1, 0.15) is 36.6 Å². The summed E-state index contributed by atoms with van der Waals surface area (Å²) in [5.41, 5.74) is 4.09. The van der Waals surface area contributed by atoms with Crippen molar-refractivity contribution in [2.45, 2.75) is 26.5 Å². The summed E-state index contributed by atoms with van der Waals surface area (Å²) >= 11 is 4.97. The quantitative estimate of drug-likeness (QED) is 0.165. The number of nitrogens with one attached hydrogen (secondary N) is 1. The number of aromatic nitrogens is 1. The third-order valence-corrected chi connectivity index (χ3v) is 9.92. The third kappa shape index (κ3) is 6.72. The highest BCUT2D eigenvalue weighted by atomic mass is 79.9. The zero-order valence-corrected chi connectivity index (χ0v) is 29.3. The minimum absolute atomic E-state index is 0.229. The van der Waals surface area contributed by atoms with E-state index in [-0.39, 0.29) is 11.5 Å². The summed E-state index contributed by atoms with van der Waals surface area (Å²) in [5, 5.41) is 5.32. The van der Waals surface area contributed by atoms with Crippen LogP contribution in [0.2, 0.25) is 0 Å². The fourth-order valence-corrected chi connectivity index (χ4v) is 7.57. The average Bonchev–Trinajstić information content (AvgIpc) is 3.41. The molecule has 7 rings (SSSR count). The number of hydrogen-bond donors (Lipinski definition) is 1. The van der Waals surface area contributed by atoms with E-state index in [9.17, 15) is 9.59 Å². The summed E-state index contributed by atoms with van der Waals surface area (Å²) in [4.78, 5) is 33.3. The molecule has 1 N–H and O–H groups in total. The van der Waals surface area contributed by atoms with Gasteiger partial charge in [0.2, 0.25) is 0 Å². The summed E-state index contributed by atoms with van der Waals surface area (Å²) in [5.74, 6) is 1.10. The van der Waals surface area contributed by atoms with Crippen molar-refractivity contribution in [2.75, 3.05) is 11.9 Å². The molecule has 5 aromatic carbocycles. The summed E-state index contributed by atoms with van der Waals surface area (Å²) in [6, 6.07) is 36.3. The molecule has 1 aliphatic heterocycles. The van der Waals surface area contributed by atoms with Crippen LogP contribution in [0.25, 0.3) is 16.8 Å². The predicted octanol–water partition coefficient (Wildman–Crippen LogP) is 7.77. The van der Waals surface area contributed by atoms with E-state index < -0.39 is 6.04 Å². The first kappa shape index (κ1) is 32.3. The van der Waals surface area contributed by atoms with Crippen LogP contribution in [0.4, 0.5) is 5.69 Å². The van der Waals surface area contributed by atoms with Crippen LogP contribution in [0.5, 0.6) is 11.5 Å². The van der Waals surface area contributed by atoms with Crippen LogP contribution >= 0.6 is 27.3 Å². The smallest absolute Gasteiger partial charge is 0.271 e. The van der Waals surface area contributed by atoms with Gasteiger partial charge in [-0.2, -0.15) is 0 Å². The number of para-hydroxylation sites is 1. The molecule has 1 aromatic heterocycles. The van der Waals surface area contributed by atoms with Gasteiger partial charge in [-0.15, -0.1) is 0 Å². The summed E-state index contributed by atoms with van der Waals surface area (Å²) in [7, 11) is 0. The maximum atomic E-state index is 14.2. The standard InChI is InChI=1S/C40H32BrN3O4S/c1-3-47-31-19-17-28(18-20-31)37-36(38(45)43-30-13-5-4-6-14-30)25(2)42-40-44(37)39(46)35(49-40)23-26-16-21-34(33(41)22-26)48-24-29-12-9-11-27-10-7-8-15-32(27)29/h4-23,37H,3,24H2,1-2H3,(H,43,45)/b35-23-/t37-/m1/s1. The van der Waals surface area contributed by atoms with Gasteiger partial charge in [0.25, 0.3) is 11.5 Å². The number of anilines is 1. The van der Waals surface area contributed by atoms with E-state index in [0.29, 0.717) is 51.0 Å². The van der Waals surface area contributed by atoms with Gasteiger partial charge in [0.05, 0.1) is 32.9 Å². The van der Waals surface area contributed by atoms with E-state index in [1.165, 1.54) is 16.7 Å². The molecule has 0 saturated heterocycles. The number of thiazole rings is 1. The minimum atomic E-state index is -0.686. The van der Waals surface area contributed by atoms with Crippen molar-refractivity contribution in [1.29, 1.82) is 0 Å². The van der Waals surface area contributed by atoms with Gasteiger partial charge in [-0.1, -0.05) is 90.2 Å². The summed E-state index contributed by atoms with van der Waals surface area (Å²) in [6.07, 6.45) is 1.85. The third-order valence-electron chi connectivity index (χ3n) is 8.32. The van der Waals surface area contributed by atoms with Gasteiger partial charge in [-0.05, 0) is 99.7 Å². The van der Waals surface area contributed by atoms with E-state index in [2.05, 4.69) is 45.5 Å². The van der Waals surface area contributed by atoms with Gasteiger partial charge in [0.15, 0.2) is 4.80 Å². The van der Waals surface area contributed by atoms with Gasteiger partial charge >= 0.3 is 0 Å². The zero-order valence-electron chi connectivity index (χ0n) is 26.9. The van der Waals surface area contributed by atoms with Crippen LogP contribution in [-0.2, 0) is 11.4 Å². The molecule has 0 unspecified atom stereocenters. The highest BCUT2D eigenvalue weighted by Crippen LogP contribution is 2.32. The number of fused-ring (bicyclic) bond motifs is 2. The van der Waals surface area contributed by atoms with Crippen molar-refractivity contribution in [3.8, 4) is 11.5 Å². The molecule has 1 aliphatic rings. The van der Waals surface area contributed by atoms with Crippen LogP contribution < -0.4 is 29.7 Å². The monoisotopic (exact) mass is 729 g/mol. The van der Waals surface area contributed by atoms with Gasteiger partial charge in [0, 0.05) is 5.69 Å². The molecule has 7 nitrogen and oxygen atoms in total. The zero-order chi connectivity index (χ0) is 33.9. The number of benzene rings is 5. The molecule has 0 bridgehead atoms. The Morgan fingerprint density at radius 3 is 2.47 bits per heavy atom. The summed E-state index contributed by atoms with van der Waals surface area (Å²) < 4.78 is 14.8. The fraction of sp³-hybridized carbons (Fsp3) is 0.125. The SMILES string of the molecule is CCOc1ccc([C@@H]2C(C(=O)Nc3ccccc3)=C(C)N=c3s/c(=C\c4ccc(OCc5cccc6ccccc56)c(Br)c4)c(=O)n32)cc1. The minimum Gasteiger partial charge on any atom is -0.494 e. The number of carbonyl (C=O) groups is 1. The van der Waals surface area contributed by atoms with E-state index in [4.69, 9.17) is 14.5 Å². The van der Waals surface area contributed by atoms with Crippen LogP contribution in [-0.4, -0.2) is 17.1 Å². The van der Waals surface area contributed by atoms with E-state index in [1.54, 1.807) is 4.57 Å². The predicted molar refractivity (Wildman–Crippen MR) is 199 cm³/mol. The molecule has 0 spiro atoms. The number of ether oxygens (including phenoxy) is 2. The molecule has 244 valence electrons. The Bertz CT molecular complexity index is 2390. The first-order chi connectivity index (χ1) is 23.9. The first-order valence-corrected chi connectivity index (χ1v) is 17.5. The molecule has 6 aromatic rings. The number of allylic oxidation sites excluding steroid dienone is 1. The fourth-order valence-electron chi connectivity index (χ4n) is 6.01. The Morgan fingerprint density at radius 1 is 0.939 bits per heavy atom. The second-order valence-electron chi connectivity index (χ2n) is 11.5. The van der Waals surface area contributed by atoms with Crippen molar-refractivity contribution in [2.24, 2.45) is 4.99 Å². The Morgan fingerprint density at radius 2 is 1.69 bits per heavy atom. The van der Waals surface area contributed by atoms with Crippen molar-refractivity contribution in [3.63, 3.8) is 0 Å². The Labute approximate surface area is 295 Å². The van der Waals surface area contributed by atoms with Gasteiger partial charge in [-0.25, -0.2) is 4.99 Å². The van der Waals surface area contributed by atoms with Crippen molar-refractivity contribution in [3.05, 3.63) is 167 Å². The van der Waals surface area contributed by atoms with Crippen molar-refractivity contribution < 1.29 is 14.3 Å². The molecular formula is C40H32BrN3O4S. The normalized spacial score (nSPS) is 14.3. The Hall–Kier alpha value is -5.25. The van der Waals surface area contributed by atoms with Crippen LogP contribution in [0.3, 0.4) is 0 Å². The van der Waals surface area contributed by atoms with Crippen LogP contribution in [0.15, 0.2) is 141 Å². The molecule has 0 radical (unpaired) electrons. The molecule has 9 heteroatoms. The first-order valence-electron chi connectivity index (χ1n) is 15.9. The lowest BCUT2D eigenvalue weighted by atomic mass is 9.95. The van der Waals surface area contributed by atoms with Crippen LogP contribution in [0, 0.1) is 0 Å². The average molecular weight is 731 g/mol. The highest BCUT2D eigenvalue weighted by Gasteiger charge is 2.32. The molecular weight excluding hydrogens is 698 g/mol. The molecule has 0 saturated carbocycles. The molecule has 1 atom stereocenters. The van der Waals surface area contributed by atoms with E-state index >= 15 is 0 Å². The number of hydrogen-bond acceptors (Lipinski definition) is 6. The molecule has 0 aliphatic carbocycles. The maximum absolute atomic E-state index is 14.2. The largest absolute Gasteiger partial charge is 0.494 e. The second kappa shape index (κ2) is 14.1. The van der Waals surface area contributed by atoms with E-state index in [0.717, 1.165) is 26.5 Å². The molecule has 1 amide bonds. The molecule has 0 fully saturated rings. The van der Waals surface area contributed by atoms with E-state index in [1.807, 2.05) is 111 Å². The second-order valence-corrected chi connectivity index (χ2v) is 13.4. The lowest BCUT2D eigenvalue weighted by molar-refractivity contribution is -0.113. The number of nitrogens with zero attached hydrogens (tertiary/aromatic N) is 2. The van der Waals surface area contributed by atoms with Crippen molar-refractivity contribution >= 4 is 55.7 Å². The van der Waals surface area contributed by atoms with Crippen molar-refractivity contribution in [1.82, 2.24) is 4.57 Å². The molecule has 2 heterocycles. The Kier molecular flexibility index (Phi) is 9.28. The summed E-state index contributed by atoms with van der Waals surface area (Å²) in [6.45, 7) is 4.69. The van der Waals surface area contributed by atoms with Gasteiger partial charge in [-0.3, -0.25) is 14.2 Å². The Balaban J connectivity index is 1.22. The number of halogens is 1. The maximum Gasteiger partial charge on any atom is 0.271 e. The lowest BCUT2D eigenvalue weighted by Gasteiger charge is -2.25. The lowest BCUT2D eigenvalue weighted by Crippen LogP contribution is -2.40. The highest BCUT2D eigenvalue weighted by molar-refractivity contribution is 9.10. The number of carbonyl (C=O) groups excluding carboxylic acids is 1. The number of rotatable bonds is 9. The molecule has 49 heavy (non-hydrogen) atoms. The van der Waals surface area contributed by atoms with Gasteiger partial charge in [0.1, 0.15) is 18.1 Å². The number of amides is 1.